The molecule has 1 aromatic heterocycles. The molecule has 0 aliphatic rings. The SMILES string of the molecule is CCON=Cc1sc([S+]([O-])CCC(F)=C(F)F)nc1OC. The fourth-order valence-electron chi connectivity index (χ4n) is 1.15. The summed E-state index contributed by atoms with van der Waals surface area (Å²) in [5.41, 5.74) is 0. The minimum absolute atomic E-state index is 0.150. The molecule has 1 rings (SSSR count). The Morgan fingerprint density at radius 1 is 1.48 bits per heavy atom. The molecule has 0 N–H and O–H groups in total. The zero-order chi connectivity index (χ0) is 15.8. The molecule has 0 bridgehead atoms. The predicted molar refractivity (Wildman–Crippen MR) is 74.1 cm³/mol. The molecule has 1 atom stereocenters. The van der Waals surface area contributed by atoms with Gasteiger partial charge in [-0.25, -0.2) is 4.39 Å². The van der Waals surface area contributed by atoms with Crippen molar-refractivity contribution in [1.82, 2.24) is 4.98 Å². The van der Waals surface area contributed by atoms with E-state index in [1.165, 1.54) is 13.3 Å². The van der Waals surface area contributed by atoms with Gasteiger partial charge >= 0.3 is 10.4 Å². The maximum Gasteiger partial charge on any atom is 0.305 e. The molecule has 0 fully saturated rings. The van der Waals surface area contributed by atoms with E-state index in [-0.39, 0.29) is 16.0 Å². The van der Waals surface area contributed by atoms with E-state index < -0.39 is 29.5 Å². The van der Waals surface area contributed by atoms with Gasteiger partial charge < -0.3 is 14.1 Å². The molecule has 118 valence electrons. The number of ether oxygens (including phenoxy) is 1. The molecule has 0 saturated heterocycles. The van der Waals surface area contributed by atoms with Crippen LogP contribution in [0.3, 0.4) is 0 Å². The standard InChI is InChI=1S/C11H13F3N2O3S2/c1-3-19-15-6-8-10(18-2)16-11(20-8)21(17)5-4-7(12)9(13)14/h6H,3-5H2,1-2H3. The maximum absolute atomic E-state index is 12.7. The second-order valence-corrected chi connectivity index (χ2v) is 6.25. The highest BCUT2D eigenvalue weighted by Crippen LogP contribution is 2.28. The fraction of sp³-hybridized carbons (Fsp3) is 0.455. The first kappa shape index (κ1) is 17.8. The van der Waals surface area contributed by atoms with Crippen molar-refractivity contribution >= 4 is 28.7 Å². The van der Waals surface area contributed by atoms with Crippen LogP contribution < -0.4 is 4.74 Å². The van der Waals surface area contributed by atoms with Crippen LogP contribution in [0.4, 0.5) is 13.2 Å². The molecular weight excluding hydrogens is 329 g/mol. The van der Waals surface area contributed by atoms with Crippen LogP contribution in [0.15, 0.2) is 21.4 Å². The van der Waals surface area contributed by atoms with Crippen molar-refractivity contribution < 1.29 is 27.3 Å². The Labute approximate surface area is 126 Å². The molecule has 0 radical (unpaired) electrons. The lowest BCUT2D eigenvalue weighted by Gasteiger charge is -2.04. The van der Waals surface area contributed by atoms with Gasteiger partial charge in [-0.2, -0.15) is 13.8 Å². The quantitative estimate of drug-likeness (QED) is 0.414. The van der Waals surface area contributed by atoms with Gasteiger partial charge in [0.25, 0.3) is 0 Å². The summed E-state index contributed by atoms with van der Waals surface area (Å²) in [6.07, 6.45) is -1.66. The lowest BCUT2D eigenvalue weighted by atomic mass is 10.4. The van der Waals surface area contributed by atoms with Gasteiger partial charge in [0.2, 0.25) is 5.88 Å². The number of halogens is 3. The van der Waals surface area contributed by atoms with E-state index in [4.69, 9.17) is 9.57 Å². The molecule has 0 amide bonds. The summed E-state index contributed by atoms with van der Waals surface area (Å²) in [7, 11) is 1.38. The Morgan fingerprint density at radius 2 is 2.19 bits per heavy atom. The first-order valence-corrected chi connectivity index (χ1v) is 7.91. The number of oxime groups is 1. The van der Waals surface area contributed by atoms with Crippen molar-refractivity contribution in [3.63, 3.8) is 0 Å². The van der Waals surface area contributed by atoms with E-state index in [2.05, 4.69) is 10.1 Å². The molecule has 21 heavy (non-hydrogen) atoms. The van der Waals surface area contributed by atoms with Gasteiger partial charge in [0.05, 0.1) is 19.7 Å². The number of allylic oxidation sites excluding steroid dienone is 1. The lowest BCUT2D eigenvalue weighted by Crippen LogP contribution is -2.07. The molecule has 0 saturated carbocycles. The third-order valence-electron chi connectivity index (χ3n) is 2.07. The van der Waals surface area contributed by atoms with Gasteiger partial charge in [-0.05, 0) is 6.92 Å². The molecule has 0 spiro atoms. The Morgan fingerprint density at radius 3 is 2.76 bits per heavy atom. The fourth-order valence-corrected chi connectivity index (χ4v) is 3.39. The van der Waals surface area contributed by atoms with Gasteiger partial charge in [-0.1, -0.05) is 16.5 Å². The number of aromatic nitrogens is 1. The maximum atomic E-state index is 12.7. The summed E-state index contributed by atoms with van der Waals surface area (Å²) < 4.78 is 53.5. The van der Waals surface area contributed by atoms with Gasteiger partial charge in [0.1, 0.15) is 17.2 Å². The molecular formula is C11H13F3N2O3S2. The molecule has 0 aliphatic carbocycles. The zero-order valence-corrected chi connectivity index (χ0v) is 12.9. The minimum atomic E-state index is -2.40. The number of hydrogen-bond acceptors (Lipinski definition) is 6. The van der Waals surface area contributed by atoms with E-state index in [1.807, 2.05) is 0 Å². The van der Waals surface area contributed by atoms with Gasteiger partial charge in [0, 0.05) is 11.2 Å². The van der Waals surface area contributed by atoms with Crippen molar-refractivity contribution in [3.05, 3.63) is 16.8 Å². The van der Waals surface area contributed by atoms with Crippen LogP contribution in [0.25, 0.3) is 0 Å². The number of nitrogens with zero attached hydrogens (tertiary/aromatic N) is 2. The third-order valence-corrected chi connectivity index (χ3v) is 4.70. The highest BCUT2D eigenvalue weighted by atomic mass is 32.2. The first-order chi connectivity index (χ1) is 9.99. The molecule has 0 aromatic carbocycles. The summed E-state index contributed by atoms with van der Waals surface area (Å²) >= 11 is -0.690. The summed E-state index contributed by atoms with van der Waals surface area (Å²) in [6.45, 7) is 2.14. The van der Waals surface area contributed by atoms with E-state index in [0.717, 1.165) is 11.3 Å². The highest BCUT2D eigenvalue weighted by Gasteiger charge is 2.22. The summed E-state index contributed by atoms with van der Waals surface area (Å²) in [5, 5.41) is 3.64. The van der Waals surface area contributed by atoms with Crippen LogP contribution >= 0.6 is 11.3 Å². The normalized spacial score (nSPS) is 12.5. The lowest BCUT2D eigenvalue weighted by molar-refractivity contribution is 0.160. The molecule has 10 heteroatoms. The zero-order valence-electron chi connectivity index (χ0n) is 11.3. The van der Waals surface area contributed by atoms with Crippen LogP contribution in [0.2, 0.25) is 0 Å². The molecule has 1 heterocycles. The number of hydrogen-bond donors (Lipinski definition) is 0. The van der Waals surface area contributed by atoms with E-state index in [9.17, 15) is 17.7 Å². The van der Waals surface area contributed by atoms with Crippen LogP contribution in [0, 0.1) is 0 Å². The summed E-state index contributed by atoms with van der Waals surface area (Å²) in [6, 6.07) is 0. The Hall–Kier alpha value is -1.26. The Kier molecular flexibility index (Phi) is 7.54. The minimum Gasteiger partial charge on any atom is -0.610 e. The van der Waals surface area contributed by atoms with Gasteiger partial charge in [0.15, 0.2) is 5.83 Å². The molecule has 1 unspecified atom stereocenters. The summed E-state index contributed by atoms with van der Waals surface area (Å²) in [5.74, 6) is -1.66. The van der Waals surface area contributed by atoms with Gasteiger partial charge in [-0.15, -0.1) is 0 Å². The Balaban J connectivity index is 2.76. The third kappa shape index (κ3) is 5.56. The topological polar surface area (TPSA) is 66.8 Å². The highest BCUT2D eigenvalue weighted by molar-refractivity contribution is 7.93. The van der Waals surface area contributed by atoms with E-state index >= 15 is 0 Å². The van der Waals surface area contributed by atoms with Crippen molar-refractivity contribution in [3.8, 4) is 5.88 Å². The molecule has 1 aromatic rings. The van der Waals surface area contributed by atoms with Crippen molar-refractivity contribution in [2.45, 2.75) is 17.7 Å². The van der Waals surface area contributed by atoms with Gasteiger partial charge in [-0.3, -0.25) is 0 Å². The smallest absolute Gasteiger partial charge is 0.305 e. The molecule has 5 nitrogen and oxygen atoms in total. The number of methoxy groups -OCH3 is 1. The van der Waals surface area contributed by atoms with Crippen LogP contribution in [-0.4, -0.2) is 35.2 Å². The van der Waals surface area contributed by atoms with Crippen LogP contribution in [0.1, 0.15) is 18.2 Å². The monoisotopic (exact) mass is 342 g/mol. The average Bonchev–Trinajstić information content (AvgIpc) is 2.87. The first-order valence-electron chi connectivity index (χ1n) is 5.77. The number of rotatable bonds is 8. The second-order valence-electron chi connectivity index (χ2n) is 3.47. The van der Waals surface area contributed by atoms with Crippen molar-refractivity contribution in [2.24, 2.45) is 5.16 Å². The van der Waals surface area contributed by atoms with Crippen molar-refractivity contribution in [1.29, 1.82) is 0 Å². The van der Waals surface area contributed by atoms with E-state index in [1.54, 1.807) is 6.92 Å². The predicted octanol–water partition coefficient (Wildman–Crippen LogP) is 3.10. The van der Waals surface area contributed by atoms with Crippen LogP contribution in [0.5, 0.6) is 5.88 Å². The average molecular weight is 342 g/mol. The number of thiazole rings is 1. The second kappa shape index (κ2) is 8.90. The molecule has 0 aliphatic heterocycles. The van der Waals surface area contributed by atoms with Crippen molar-refractivity contribution in [2.75, 3.05) is 19.5 Å². The summed E-state index contributed by atoms with van der Waals surface area (Å²) in [4.78, 5) is 9.22. The largest absolute Gasteiger partial charge is 0.610 e. The van der Waals surface area contributed by atoms with E-state index in [0.29, 0.717) is 11.5 Å². The Bertz CT molecular complexity index is 519. The van der Waals surface area contributed by atoms with Crippen LogP contribution in [-0.2, 0) is 16.0 Å².